The third kappa shape index (κ3) is 3.48. The SMILES string of the molecule is Cc1noc(C)c1CCC(=O)Nc1cccc(-n2cccn2)c1. The van der Waals surface area contributed by atoms with Crippen LogP contribution < -0.4 is 5.32 Å². The molecule has 0 aliphatic rings. The van der Waals surface area contributed by atoms with E-state index in [9.17, 15) is 4.79 Å². The Kier molecular flexibility index (Phi) is 4.23. The topological polar surface area (TPSA) is 73.0 Å². The summed E-state index contributed by atoms with van der Waals surface area (Å²) < 4.78 is 6.86. The number of anilines is 1. The molecular weight excluding hydrogens is 292 g/mol. The minimum Gasteiger partial charge on any atom is -0.361 e. The van der Waals surface area contributed by atoms with E-state index in [-0.39, 0.29) is 5.91 Å². The highest BCUT2D eigenvalue weighted by molar-refractivity contribution is 5.91. The number of amides is 1. The van der Waals surface area contributed by atoms with Gasteiger partial charge in [-0.1, -0.05) is 11.2 Å². The molecule has 2 aromatic heterocycles. The fourth-order valence-corrected chi connectivity index (χ4v) is 2.47. The maximum absolute atomic E-state index is 12.1. The predicted octanol–water partition coefficient (Wildman–Crippen LogP) is 3.05. The highest BCUT2D eigenvalue weighted by Gasteiger charge is 2.11. The molecule has 0 fully saturated rings. The van der Waals surface area contributed by atoms with Crippen LogP contribution in [0.5, 0.6) is 0 Å². The van der Waals surface area contributed by atoms with E-state index < -0.39 is 0 Å². The number of hydrogen-bond donors (Lipinski definition) is 1. The van der Waals surface area contributed by atoms with Crippen LogP contribution in [0.25, 0.3) is 5.69 Å². The summed E-state index contributed by atoms with van der Waals surface area (Å²) in [5, 5.41) is 11.0. The maximum atomic E-state index is 12.1. The first kappa shape index (κ1) is 15.0. The van der Waals surface area contributed by atoms with E-state index in [1.807, 2.05) is 50.4 Å². The van der Waals surface area contributed by atoms with Gasteiger partial charge in [-0.05, 0) is 44.5 Å². The molecule has 0 saturated carbocycles. The van der Waals surface area contributed by atoms with Crippen LogP contribution in [0.1, 0.15) is 23.4 Å². The first-order valence-corrected chi connectivity index (χ1v) is 7.45. The summed E-state index contributed by atoms with van der Waals surface area (Å²) in [6.45, 7) is 3.75. The number of carbonyl (C=O) groups is 1. The molecule has 0 aliphatic heterocycles. The van der Waals surface area contributed by atoms with Gasteiger partial charge in [0.25, 0.3) is 0 Å². The van der Waals surface area contributed by atoms with Crippen LogP contribution in [0, 0.1) is 13.8 Å². The number of benzene rings is 1. The van der Waals surface area contributed by atoms with Crippen molar-refractivity contribution in [3.05, 3.63) is 59.7 Å². The minimum absolute atomic E-state index is 0.0392. The zero-order valence-electron chi connectivity index (χ0n) is 13.1. The number of rotatable bonds is 5. The molecule has 0 radical (unpaired) electrons. The van der Waals surface area contributed by atoms with Gasteiger partial charge >= 0.3 is 0 Å². The van der Waals surface area contributed by atoms with Gasteiger partial charge in [-0.3, -0.25) is 4.79 Å². The van der Waals surface area contributed by atoms with Gasteiger partial charge in [0.05, 0.1) is 11.4 Å². The lowest BCUT2D eigenvalue weighted by molar-refractivity contribution is -0.116. The van der Waals surface area contributed by atoms with Crippen LogP contribution in [-0.2, 0) is 11.2 Å². The van der Waals surface area contributed by atoms with Gasteiger partial charge < -0.3 is 9.84 Å². The Morgan fingerprint density at radius 1 is 1.30 bits per heavy atom. The van der Waals surface area contributed by atoms with Gasteiger partial charge in [-0.15, -0.1) is 0 Å². The number of aryl methyl sites for hydroxylation is 2. The Morgan fingerprint density at radius 2 is 2.17 bits per heavy atom. The predicted molar refractivity (Wildman–Crippen MR) is 86.5 cm³/mol. The second-order valence-electron chi connectivity index (χ2n) is 5.35. The van der Waals surface area contributed by atoms with E-state index in [1.165, 1.54) is 0 Å². The van der Waals surface area contributed by atoms with E-state index >= 15 is 0 Å². The normalized spacial score (nSPS) is 10.7. The van der Waals surface area contributed by atoms with Crippen molar-refractivity contribution in [1.29, 1.82) is 0 Å². The summed E-state index contributed by atoms with van der Waals surface area (Å²) in [4.78, 5) is 12.1. The number of carbonyl (C=O) groups excluding carboxylic acids is 1. The van der Waals surface area contributed by atoms with Crippen molar-refractivity contribution in [3.8, 4) is 5.69 Å². The van der Waals surface area contributed by atoms with Crippen LogP contribution in [0.15, 0.2) is 47.2 Å². The fourth-order valence-electron chi connectivity index (χ4n) is 2.47. The number of nitrogens with zero attached hydrogens (tertiary/aromatic N) is 3. The molecule has 6 nitrogen and oxygen atoms in total. The lowest BCUT2D eigenvalue weighted by Crippen LogP contribution is -2.13. The van der Waals surface area contributed by atoms with Gasteiger partial charge in [0.2, 0.25) is 5.91 Å². The summed E-state index contributed by atoms with van der Waals surface area (Å²) in [6, 6.07) is 9.43. The molecule has 2 heterocycles. The lowest BCUT2D eigenvalue weighted by atomic mass is 10.1. The van der Waals surface area contributed by atoms with E-state index in [1.54, 1.807) is 10.9 Å². The molecule has 1 N–H and O–H groups in total. The van der Waals surface area contributed by atoms with Gasteiger partial charge in [-0.2, -0.15) is 5.10 Å². The Bertz CT molecular complexity index is 786. The Hall–Kier alpha value is -2.89. The molecule has 3 rings (SSSR count). The smallest absolute Gasteiger partial charge is 0.224 e. The molecule has 0 bridgehead atoms. The monoisotopic (exact) mass is 310 g/mol. The number of nitrogens with one attached hydrogen (secondary N) is 1. The molecular formula is C17H18N4O2. The van der Waals surface area contributed by atoms with Crippen LogP contribution >= 0.6 is 0 Å². The van der Waals surface area contributed by atoms with E-state index in [4.69, 9.17) is 4.52 Å². The van der Waals surface area contributed by atoms with Crippen molar-refractivity contribution >= 4 is 11.6 Å². The summed E-state index contributed by atoms with van der Waals surface area (Å²) in [5.41, 5.74) is 3.50. The maximum Gasteiger partial charge on any atom is 0.224 e. The summed E-state index contributed by atoms with van der Waals surface area (Å²) >= 11 is 0. The van der Waals surface area contributed by atoms with Gasteiger partial charge in [0, 0.05) is 30.1 Å². The largest absolute Gasteiger partial charge is 0.361 e. The Morgan fingerprint density at radius 3 is 2.87 bits per heavy atom. The third-order valence-electron chi connectivity index (χ3n) is 3.68. The molecule has 0 unspecified atom stereocenters. The van der Waals surface area contributed by atoms with Crippen molar-refractivity contribution < 1.29 is 9.32 Å². The van der Waals surface area contributed by atoms with Crippen molar-refractivity contribution in [3.63, 3.8) is 0 Å². The van der Waals surface area contributed by atoms with Crippen molar-refractivity contribution in [2.24, 2.45) is 0 Å². The standard InChI is InChI=1S/C17H18N4O2/c1-12-16(13(2)23-20-12)7-8-17(22)19-14-5-3-6-15(11-14)21-10-4-9-18-21/h3-6,9-11H,7-8H2,1-2H3,(H,19,22). The van der Waals surface area contributed by atoms with Crippen molar-refractivity contribution in [2.45, 2.75) is 26.7 Å². The van der Waals surface area contributed by atoms with Crippen LogP contribution in [0.3, 0.4) is 0 Å². The molecule has 0 saturated heterocycles. The molecule has 6 heteroatoms. The molecule has 3 aromatic rings. The summed E-state index contributed by atoms with van der Waals surface area (Å²) in [7, 11) is 0. The van der Waals surface area contributed by atoms with E-state index in [0.29, 0.717) is 12.8 Å². The highest BCUT2D eigenvalue weighted by Crippen LogP contribution is 2.16. The zero-order chi connectivity index (χ0) is 16.2. The Balaban J connectivity index is 1.63. The molecule has 23 heavy (non-hydrogen) atoms. The second-order valence-corrected chi connectivity index (χ2v) is 5.35. The molecule has 0 atom stereocenters. The van der Waals surface area contributed by atoms with Crippen molar-refractivity contribution in [2.75, 3.05) is 5.32 Å². The molecule has 0 spiro atoms. The molecule has 0 aliphatic carbocycles. The highest BCUT2D eigenvalue weighted by atomic mass is 16.5. The zero-order valence-corrected chi connectivity index (χ0v) is 13.1. The van der Waals surface area contributed by atoms with Gasteiger partial charge in [-0.25, -0.2) is 4.68 Å². The summed E-state index contributed by atoms with van der Waals surface area (Å²) in [6.07, 6.45) is 4.58. The first-order chi connectivity index (χ1) is 11.1. The number of aromatic nitrogens is 3. The average molecular weight is 310 g/mol. The third-order valence-corrected chi connectivity index (χ3v) is 3.68. The van der Waals surface area contributed by atoms with E-state index in [2.05, 4.69) is 15.6 Å². The van der Waals surface area contributed by atoms with Crippen molar-refractivity contribution in [1.82, 2.24) is 14.9 Å². The average Bonchev–Trinajstić information content (AvgIpc) is 3.17. The molecule has 1 aromatic carbocycles. The van der Waals surface area contributed by atoms with Crippen LogP contribution in [0.2, 0.25) is 0 Å². The molecule has 1 amide bonds. The second kappa shape index (κ2) is 6.48. The Labute approximate surface area is 134 Å². The lowest BCUT2D eigenvalue weighted by Gasteiger charge is -2.07. The van der Waals surface area contributed by atoms with Gasteiger partial charge in [0.15, 0.2) is 0 Å². The van der Waals surface area contributed by atoms with Crippen LogP contribution in [-0.4, -0.2) is 20.8 Å². The molecule has 118 valence electrons. The quantitative estimate of drug-likeness (QED) is 0.786. The van der Waals surface area contributed by atoms with E-state index in [0.717, 1.165) is 28.4 Å². The van der Waals surface area contributed by atoms with Gasteiger partial charge in [0.1, 0.15) is 5.76 Å². The fraction of sp³-hybridized carbons (Fsp3) is 0.235. The minimum atomic E-state index is -0.0392. The first-order valence-electron chi connectivity index (χ1n) is 7.45. The summed E-state index contributed by atoms with van der Waals surface area (Å²) in [5.74, 6) is 0.735. The van der Waals surface area contributed by atoms with Crippen LogP contribution in [0.4, 0.5) is 5.69 Å². The number of hydrogen-bond acceptors (Lipinski definition) is 4.